The third-order valence-corrected chi connectivity index (χ3v) is 9.47. The molecule has 10 rings (SSSR count). The van der Waals surface area contributed by atoms with Crippen LogP contribution < -0.4 is 20.3 Å². The second-order valence-electron chi connectivity index (χ2n) is 12.1. The number of hydrogen-bond donors (Lipinski definition) is 0. The van der Waals surface area contributed by atoms with Gasteiger partial charge in [0.2, 0.25) is 0 Å². The van der Waals surface area contributed by atoms with Crippen molar-refractivity contribution in [1.82, 2.24) is 4.57 Å². The van der Waals surface area contributed by atoms with Crippen molar-refractivity contribution in [3.8, 4) is 56.3 Å². The molecule has 214 valence electrons. The molecule has 2 aliphatic rings. The molecule has 0 atom stereocenters. The predicted octanol–water partition coefficient (Wildman–Crippen LogP) is 9.39. The highest BCUT2D eigenvalue weighted by atomic mass is 16.5. The van der Waals surface area contributed by atoms with Crippen molar-refractivity contribution in [2.45, 2.75) is 0 Å². The molecule has 3 heterocycles. The van der Waals surface area contributed by atoms with Crippen molar-refractivity contribution in [2.24, 2.45) is 0 Å². The van der Waals surface area contributed by atoms with Crippen LogP contribution in [-0.4, -0.2) is 11.5 Å². The van der Waals surface area contributed by atoms with Crippen molar-refractivity contribution in [3.05, 3.63) is 158 Å². The summed E-state index contributed by atoms with van der Waals surface area (Å²) in [6, 6.07) is 55.8. The number of hydrogen-bond acceptors (Lipinski definition) is 2. The minimum Gasteiger partial charge on any atom is -0.551 e. The second kappa shape index (κ2) is 9.75. The summed E-state index contributed by atoms with van der Waals surface area (Å²) in [6.45, 7) is -0.263. The van der Waals surface area contributed by atoms with Gasteiger partial charge in [-0.3, -0.25) is 0 Å². The molecule has 0 N–H and O–H groups in total. The van der Waals surface area contributed by atoms with Crippen LogP contribution in [0.4, 0.5) is 0 Å². The highest BCUT2D eigenvalue weighted by Gasteiger charge is 2.41. The van der Waals surface area contributed by atoms with Gasteiger partial charge in [-0.15, -0.1) is 0 Å². The average molecular weight is 587 g/mol. The maximum Gasteiger partial charge on any atom is 0.434 e. The van der Waals surface area contributed by atoms with Crippen molar-refractivity contribution in [1.29, 1.82) is 0 Å². The molecule has 0 unspecified atom stereocenters. The van der Waals surface area contributed by atoms with E-state index in [0.29, 0.717) is 0 Å². The Morgan fingerprint density at radius 3 is 1.89 bits per heavy atom. The standard InChI is InChI=1S/C42H26BNO2/c1-2-11-27(12-3-1)28-13-10-14-29(23-28)30-21-22-36-40(24-30)45-41-26-31(25-35-34-17-6-9-20-39(34)46-43(36)42(35)41)44-37-18-7-4-15-32(37)33-16-5-8-19-38(33)44/h1-26H. The Kier molecular flexibility index (Phi) is 5.37. The lowest BCUT2D eigenvalue weighted by molar-refractivity contribution is 0.479. The maximum atomic E-state index is 6.89. The first-order valence-electron chi connectivity index (χ1n) is 15.7. The van der Waals surface area contributed by atoms with Gasteiger partial charge in [-0.25, -0.2) is 0 Å². The highest BCUT2D eigenvalue weighted by Crippen LogP contribution is 2.42. The topological polar surface area (TPSA) is 23.4 Å². The SMILES string of the molecule is c1ccc(-c2cccc(-c3ccc4c(c3)Oc3cc(-n5c6ccccc6c6ccccc65)cc5c3B4Oc3ccccc3-5)c2)cc1. The summed E-state index contributed by atoms with van der Waals surface area (Å²) in [7, 11) is 0. The van der Waals surface area contributed by atoms with E-state index in [1.807, 2.05) is 6.07 Å². The van der Waals surface area contributed by atoms with Gasteiger partial charge < -0.3 is 14.0 Å². The molecule has 0 saturated carbocycles. The largest absolute Gasteiger partial charge is 0.551 e. The number of benzene rings is 7. The van der Waals surface area contributed by atoms with E-state index in [9.17, 15) is 0 Å². The third kappa shape index (κ3) is 3.74. The van der Waals surface area contributed by atoms with Crippen LogP contribution in [0.15, 0.2) is 158 Å². The van der Waals surface area contributed by atoms with Gasteiger partial charge in [0.15, 0.2) is 0 Å². The number of aromatic nitrogens is 1. The summed E-state index contributed by atoms with van der Waals surface area (Å²) in [5.41, 5.74) is 12.4. The lowest BCUT2D eigenvalue weighted by atomic mass is 9.50. The first-order valence-corrected chi connectivity index (χ1v) is 15.7. The molecule has 1 aromatic heterocycles. The monoisotopic (exact) mass is 587 g/mol. The molecule has 0 fully saturated rings. The maximum absolute atomic E-state index is 6.89. The molecule has 4 heteroatoms. The van der Waals surface area contributed by atoms with E-state index in [0.717, 1.165) is 56.1 Å². The Morgan fingerprint density at radius 2 is 1.09 bits per heavy atom. The number of rotatable bonds is 3. The first kappa shape index (κ1) is 25.3. The Labute approximate surface area is 267 Å². The van der Waals surface area contributed by atoms with Crippen LogP contribution in [0.3, 0.4) is 0 Å². The van der Waals surface area contributed by atoms with Crippen LogP contribution in [0.25, 0.3) is 60.9 Å². The van der Waals surface area contributed by atoms with Crippen molar-refractivity contribution >= 4 is 39.6 Å². The van der Waals surface area contributed by atoms with Crippen LogP contribution in [-0.2, 0) is 0 Å². The molecule has 0 aliphatic carbocycles. The lowest BCUT2D eigenvalue weighted by Crippen LogP contribution is -2.53. The van der Waals surface area contributed by atoms with Crippen molar-refractivity contribution in [2.75, 3.05) is 0 Å². The lowest BCUT2D eigenvalue weighted by Gasteiger charge is -2.33. The molecule has 0 amide bonds. The van der Waals surface area contributed by atoms with Gasteiger partial charge in [-0.05, 0) is 64.2 Å². The molecule has 0 radical (unpaired) electrons. The fourth-order valence-corrected chi connectivity index (χ4v) is 7.36. The summed E-state index contributed by atoms with van der Waals surface area (Å²) in [4.78, 5) is 0. The zero-order chi connectivity index (χ0) is 30.2. The average Bonchev–Trinajstić information content (AvgIpc) is 3.46. The van der Waals surface area contributed by atoms with Crippen molar-refractivity contribution in [3.63, 3.8) is 0 Å². The van der Waals surface area contributed by atoms with Gasteiger partial charge in [-0.2, -0.15) is 0 Å². The van der Waals surface area contributed by atoms with Gasteiger partial charge in [0.1, 0.15) is 17.2 Å². The minimum atomic E-state index is -0.263. The number of fused-ring (bicyclic) bond motifs is 7. The summed E-state index contributed by atoms with van der Waals surface area (Å²) in [5.74, 6) is 2.54. The summed E-state index contributed by atoms with van der Waals surface area (Å²) in [6.07, 6.45) is 0. The van der Waals surface area contributed by atoms with E-state index < -0.39 is 0 Å². The van der Waals surface area contributed by atoms with Crippen LogP contribution in [0.1, 0.15) is 0 Å². The highest BCUT2D eigenvalue weighted by molar-refractivity contribution is 6.84. The number of para-hydroxylation sites is 3. The second-order valence-corrected chi connectivity index (χ2v) is 12.1. The molecule has 0 spiro atoms. The third-order valence-electron chi connectivity index (χ3n) is 9.47. The van der Waals surface area contributed by atoms with Gasteiger partial charge in [0.05, 0.1) is 16.7 Å². The van der Waals surface area contributed by atoms with E-state index in [-0.39, 0.29) is 6.92 Å². The van der Waals surface area contributed by atoms with Crippen LogP contribution in [0.2, 0.25) is 0 Å². The predicted molar refractivity (Wildman–Crippen MR) is 189 cm³/mol. The molecular formula is C42H26BNO2. The van der Waals surface area contributed by atoms with Gasteiger partial charge in [0.25, 0.3) is 0 Å². The van der Waals surface area contributed by atoms with E-state index in [1.54, 1.807) is 0 Å². The minimum absolute atomic E-state index is 0.263. The van der Waals surface area contributed by atoms with E-state index in [1.165, 1.54) is 32.9 Å². The quantitative estimate of drug-likeness (QED) is 0.192. The molecule has 0 saturated heterocycles. The first-order chi connectivity index (χ1) is 22.8. The van der Waals surface area contributed by atoms with Crippen LogP contribution >= 0.6 is 0 Å². The Morgan fingerprint density at radius 1 is 0.435 bits per heavy atom. The van der Waals surface area contributed by atoms with E-state index in [4.69, 9.17) is 9.39 Å². The van der Waals surface area contributed by atoms with Gasteiger partial charge in [-0.1, -0.05) is 115 Å². The van der Waals surface area contributed by atoms with Gasteiger partial charge >= 0.3 is 6.92 Å². The van der Waals surface area contributed by atoms with Gasteiger partial charge in [0, 0.05) is 33.3 Å². The summed E-state index contributed by atoms with van der Waals surface area (Å²) < 4.78 is 16.0. The fourth-order valence-electron chi connectivity index (χ4n) is 7.36. The van der Waals surface area contributed by atoms with Crippen molar-refractivity contribution < 1.29 is 9.39 Å². The number of ether oxygens (including phenoxy) is 1. The molecule has 7 aromatic carbocycles. The number of nitrogens with zero attached hydrogens (tertiary/aromatic N) is 1. The fraction of sp³-hybridized carbons (Fsp3) is 0. The molecule has 3 nitrogen and oxygen atoms in total. The Bertz CT molecular complexity index is 2440. The Balaban J connectivity index is 1.17. The Hall–Kier alpha value is -6.00. The molecule has 2 aliphatic heterocycles. The van der Waals surface area contributed by atoms with Crippen LogP contribution in [0, 0.1) is 0 Å². The smallest absolute Gasteiger partial charge is 0.434 e. The molecule has 8 aromatic rings. The van der Waals surface area contributed by atoms with Crippen LogP contribution in [0.5, 0.6) is 17.2 Å². The normalized spacial score (nSPS) is 12.7. The molecule has 46 heavy (non-hydrogen) atoms. The molecular weight excluding hydrogens is 561 g/mol. The van der Waals surface area contributed by atoms with E-state index in [2.05, 4.69) is 156 Å². The summed E-state index contributed by atoms with van der Waals surface area (Å²) in [5, 5.41) is 2.47. The zero-order valence-corrected chi connectivity index (χ0v) is 24.9. The zero-order valence-electron chi connectivity index (χ0n) is 24.9. The summed E-state index contributed by atoms with van der Waals surface area (Å²) >= 11 is 0. The molecule has 0 bridgehead atoms. The van der Waals surface area contributed by atoms with E-state index >= 15 is 0 Å².